The lowest BCUT2D eigenvalue weighted by molar-refractivity contribution is -0.121. The Bertz CT molecular complexity index is 1330. The molecule has 1 atom stereocenters. The van der Waals surface area contributed by atoms with Crippen LogP contribution in [0.1, 0.15) is 66.0 Å². The second-order valence-electron chi connectivity index (χ2n) is 10.7. The number of carbonyl (C=O) groups excluding carboxylic acids is 2. The summed E-state index contributed by atoms with van der Waals surface area (Å²) in [6.45, 7) is 11.5. The molecular formula is C30H43NO10P2. The fourth-order valence-corrected chi connectivity index (χ4v) is 10.7. The first-order valence-electron chi connectivity index (χ1n) is 14.4. The summed E-state index contributed by atoms with van der Waals surface area (Å²) < 4.78 is 63.2. The number of hydrogen-bond acceptors (Lipinski definition) is 10. The highest BCUT2D eigenvalue weighted by molar-refractivity contribution is 7.72. The lowest BCUT2D eigenvalue weighted by Gasteiger charge is -2.37. The average Bonchev–Trinajstić information content (AvgIpc) is 3.19. The molecule has 13 heteroatoms. The maximum absolute atomic E-state index is 14.9. The van der Waals surface area contributed by atoms with E-state index in [0.717, 1.165) is 4.90 Å². The number of benzene rings is 2. The topological polar surface area (TPSA) is 127 Å². The van der Waals surface area contributed by atoms with E-state index in [9.17, 15) is 18.7 Å². The van der Waals surface area contributed by atoms with Gasteiger partial charge in [-0.2, -0.15) is 0 Å². The molecule has 3 rings (SSSR count). The van der Waals surface area contributed by atoms with Crippen LogP contribution in [0, 0.1) is 0 Å². The van der Waals surface area contributed by atoms with Crippen LogP contribution in [-0.4, -0.2) is 56.5 Å². The van der Waals surface area contributed by atoms with Gasteiger partial charge in [-0.05, 0) is 72.1 Å². The molecule has 0 radical (unpaired) electrons. The van der Waals surface area contributed by atoms with Crippen molar-refractivity contribution in [3.05, 3.63) is 59.7 Å². The largest absolute Gasteiger partial charge is 0.497 e. The highest BCUT2D eigenvalue weighted by Gasteiger charge is 2.62. The van der Waals surface area contributed by atoms with Gasteiger partial charge in [0.15, 0.2) is 5.40 Å². The minimum Gasteiger partial charge on any atom is -0.497 e. The van der Waals surface area contributed by atoms with Crippen molar-refractivity contribution in [3.8, 4) is 5.75 Å². The van der Waals surface area contributed by atoms with Crippen molar-refractivity contribution < 1.29 is 46.3 Å². The van der Waals surface area contributed by atoms with Crippen LogP contribution >= 0.6 is 15.2 Å². The van der Waals surface area contributed by atoms with Gasteiger partial charge in [-0.1, -0.05) is 36.4 Å². The summed E-state index contributed by atoms with van der Waals surface area (Å²) in [5, 5.41) is -1.54. The van der Waals surface area contributed by atoms with Crippen LogP contribution in [0.15, 0.2) is 48.5 Å². The monoisotopic (exact) mass is 639 g/mol. The Labute approximate surface area is 254 Å². The number of ether oxygens (including phenoxy) is 2. The summed E-state index contributed by atoms with van der Waals surface area (Å²) in [5.74, 6) is -0.301. The van der Waals surface area contributed by atoms with Crippen LogP contribution in [-0.2, 0) is 42.2 Å². The molecule has 0 fully saturated rings. The summed E-state index contributed by atoms with van der Waals surface area (Å²) in [4.78, 5) is 29.5. The van der Waals surface area contributed by atoms with Crippen molar-refractivity contribution in [2.45, 2.75) is 71.3 Å². The van der Waals surface area contributed by atoms with Crippen LogP contribution in [0.5, 0.6) is 5.75 Å². The number of carbonyl (C=O) groups is 2. The zero-order valence-corrected chi connectivity index (χ0v) is 27.9. The van der Waals surface area contributed by atoms with Crippen LogP contribution in [0.3, 0.4) is 0 Å². The van der Waals surface area contributed by atoms with Crippen LogP contribution in [0.2, 0.25) is 0 Å². The number of methoxy groups -OCH3 is 1. The van der Waals surface area contributed by atoms with Gasteiger partial charge in [-0.3, -0.25) is 13.9 Å². The molecular weight excluding hydrogens is 596 g/mol. The molecule has 238 valence electrons. The van der Waals surface area contributed by atoms with E-state index in [1.54, 1.807) is 97.0 Å². The average molecular weight is 640 g/mol. The SMILES string of the molecule is CCOP(=O)(OCC)C(C[C@]1(c2ccccc2)C(=O)N(C(=O)OC(C)(C)C)c2cc(OC)ccc21)P(=O)(OCC)OCC. The van der Waals surface area contributed by atoms with Gasteiger partial charge in [0.2, 0.25) is 0 Å². The molecule has 0 spiro atoms. The molecule has 2 aromatic rings. The number of amides is 2. The fraction of sp³-hybridized carbons (Fsp3) is 0.533. The molecule has 1 aliphatic heterocycles. The second-order valence-corrected chi connectivity index (χ2v) is 15.6. The van der Waals surface area contributed by atoms with E-state index in [-0.39, 0.29) is 32.1 Å². The molecule has 0 aromatic heterocycles. The van der Waals surface area contributed by atoms with E-state index in [0.29, 0.717) is 16.9 Å². The van der Waals surface area contributed by atoms with Crippen molar-refractivity contribution in [2.75, 3.05) is 38.4 Å². The Morgan fingerprint density at radius 3 is 1.81 bits per heavy atom. The van der Waals surface area contributed by atoms with Gasteiger partial charge >= 0.3 is 21.3 Å². The predicted molar refractivity (Wildman–Crippen MR) is 164 cm³/mol. The third kappa shape index (κ3) is 7.08. The molecule has 2 amide bonds. The Morgan fingerprint density at radius 1 is 0.860 bits per heavy atom. The summed E-state index contributed by atoms with van der Waals surface area (Å²) >= 11 is 0. The Morgan fingerprint density at radius 2 is 1.37 bits per heavy atom. The van der Waals surface area contributed by atoms with E-state index in [1.165, 1.54) is 7.11 Å². The summed E-state index contributed by atoms with van der Waals surface area (Å²) in [6.07, 6.45) is -1.31. The molecule has 0 N–H and O–H groups in total. The van der Waals surface area contributed by atoms with Crippen molar-refractivity contribution in [3.63, 3.8) is 0 Å². The number of imide groups is 1. The van der Waals surface area contributed by atoms with Crippen molar-refractivity contribution >= 4 is 32.9 Å². The molecule has 0 bridgehead atoms. The zero-order valence-electron chi connectivity index (χ0n) is 26.2. The number of hydrogen-bond donors (Lipinski definition) is 0. The van der Waals surface area contributed by atoms with Gasteiger partial charge in [0.25, 0.3) is 5.91 Å². The Hall–Kier alpha value is -2.52. The van der Waals surface area contributed by atoms with Crippen LogP contribution in [0.25, 0.3) is 0 Å². The Kier molecular flexibility index (Phi) is 11.4. The number of nitrogens with zero attached hydrogens (tertiary/aromatic N) is 1. The maximum atomic E-state index is 14.9. The van der Waals surface area contributed by atoms with E-state index >= 15 is 0 Å². The van der Waals surface area contributed by atoms with E-state index < -0.39 is 50.0 Å². The minimum atomic E-state index is -4.28. The molecule has 43 heavy (non-hydrogen) atoms. The highest BCUT2D eigenvalue weighted by atomic mass is 31.2. The predicted octanol–water partition coefficient (Wildman–Crippen LogP) is 7.51. The first kappa shape index (κ1) is 35.0. The normalized spacial score (nSPS) is 17.3. The quantitative estimate of drug-likeness (QED) is 0.192. The zero-order chi connectivity index (χ0) is 32.1. The Balaban J connectivity index is 2.43. The molecule has 11 nitrogen and oxygen atoms in total. The number of anilines is 1. The smallest absolute Gasteiger partial charge is 0.421 e. The van der Waals surface area contributed by atoms with Gasteiger partial charge in [0.1, 0.15) is 16.8 Å². The van der Waals surface area contributed by atoms with E-state index in [1.807, 2.05) is 0 Å². The molecule has 0 aliphatic carbocycles. The van der Waals surface area contributed by atoms with Gasteiger partial charge in [-0.15, -0.1) is 0 Å². The van der Waals surface area contributed by atoms with E-state index in [4.69, 9.17) is 27.6 Å². The van der Waals surface area contributed by atoms with Gasteiger partial charge in [0.05, 0.1) is 39.2 Å². The summed E-state index contributed by atoms with van der Waals surface area (Å²) in [6, 6.07) is 13.6. The molecule has 0 saturated carbocycles. The van der Waals surface area contributed by atoms with Crippen molar-refractivity contribution in [2.24, 2.45) is 0 Å². The van der Waals surface area contributed by atoms with Gasteiger partial charge in [-0.25, -0.2) is 9.69 Å². The number of fused-ring (bicyclic) bond motifs is 1. The highest BCUT2D eigenvalue weighted by Crippen LogP contribution is 2.73. The van der Waals surface area contributed by atoms with Gasteiger partial charge in [0, 0.05) is 6.07 Å². The molecule has 0 saturated heterocycles. The van der Waals surface area contributed by atoms with Crippen molar-refractivity contribution in [1.29, 1.82) is 0 Å². The summed E-state index contributed by atoms with van der Waals surface area (Å²) in [5.41, 5.74) is -1.57. The van der Waals surface area contributed by atoms with E-state index in [2.05, 4.69) is 0 Å². The lowest BCUT2D eigenvalue weighted by Crippen LogP contribution is -2.47. The third-order valence-corrected chi connectivity index (χ3v) is 12.8. The standard InChI is InChI=1S/C30H43NO10P2/c1-9-37-42(34,38-10-2)26(43(35,39-11-3)40-12-4)21-30(22-16-14-13-15-17-22)24-19-18-23(36-8)20-25(24)31(27(30)32)28(33)41-29(5,6)7/h13-20,26H,9-12,21H2,1-8H3/t30-/m1/s1. The van der Waals surface area contributed by atoms with Gasteiger partial charge < -0.3 is 27.6 Å². The first-order valence-corrected chi connectivity index (χ1v) is 17.6. The molecule has 2 aromatic carbocycles. The van der Waals surface area contributed by atoms with Crippen molar-refractivity contribution in [1.82, 2.24) is 0 Å². The van der Waals surface area contributed by atoms with Crippen LogP contribution in [0.4, 0.5) is 10.5 Å². The number of rotatable bonds is 14. The summed E-state index contributed by atoms with van der Waals surface area (Å²) in [7, 11) is -7.09. The first-order chi connectivity index (χ1) is 20.3. The molecule has 1 aliphatic rings. The fourth-order valence-electron chi connectivity index (χ4n) is 5.21. The maximum Gasteiger partial charge on any atom is 0.421 e. The lowest BCUT2D eigenvalue weighted by atomic mass is 9.73. The molecule has 0 unspecified atom stereocenters. The molecule has 1 heterocycles. The minimum absolute atomic E-state index is 0.0316. The van der Waals surface area contributed by atoms with Crippen LogP contribution < -0.4 is 9.64 Å². The second kappa shape index (κ2) is 14.1. The third-order valence-electron chi connectivity index (χ3n) is 6.77.